The molecule has 0 saturated carbocycles. The number of rotatable bonds is 7. The molecule has 2 aromatic carbocycles. The van der Waals surface area contributed by atoms with Gasteiger partial charge < -0.3 is 0 Å². The van der Waals surface area contributed by atoms with E-state index in [1.54, 1.807) is 0 Å². The summed E-state index contributed by atoms with van der Waals surface area (Å²) in [7, 11) is 0. The Labute approximate surface area is 161 Å². The summed E-state index contributed by atoms with van der Waals surface area (Å²) in [6.07, 6.45) is 0.293. The van der Waals surface area contributed by atoms with Crippen molar-refractivity contribution in [3.8, 4) is 0 Å². The van der Waals surface area contributed by atoms with Crippen molar-refractivity contribution in [3.63, 3.8) is 0 Å². The van der Waals surface area contributed by atoms with Crippen molar-refractivity contribution in [2.45, 2.75) is 23.1 Å². The predicted octanol–water partition coefficient (Wildman–Crippen LogP) is 4.07. The maximum Gasteiger partial charge on any atom is 0.248 e. The summed E-state index contributed by atoms with van der Waals surface area (Å²) in [6.45, 7) is 2.01. The summed E-state index contributed by atoms with van der Waals surface area (Å²) >= 11 is 8.99. The van der Waals surface area contributed by atoms with E-state index < -0.39 is 0 Å². The van der Waals surface area contributed by atoms with Crippen LogP contribution in [0.1, 0.15) is 12.0 Å². The quantitative estimate of drug-likeness (QED) is 0.549. The minimum Gasteiger partial charge on any atom is -0.273 e. The van der Waals surface area contributed by atoms with E-state index in [9.17, 15) is 9.59 Å². The van der Waals surface area contributed by atoms with Crippen LogP contribution < -0.4 is 10.9 Å². The molecule has 0 aliphatic carbocycles. The van der Waals surface area contributed by atoms with Crippen molar-refractivity contribution in [3.05, 3.63) is 59.1 Å². The van der Waals surface area contributed by atoms with E-state index in [1.807, 2.05) is 55.5 Å². The van der Waals surface area contributed by atoms with Crippen LogP contribution in [0.2, 0.25) is 5.02 Å². The minimum atomic E-state index is -0.238. The topological polar surface area (TPSA) is 58.2 Å². The van der Waals surface area contributed by atoms with Crippen LogP contribution in [0.3, 0.4) is 0 Å². The lowest BCUT2D eigenvalue weighted by atomic mass is 10.2. The van der Waals surface area contributed by atoms with Gasteiger partial charge >= 0.3 is 0 Å². The summed E-state index contributed by atoms with van der Waals surface area (Å²) in [6, 6.07) is 15.4. The third-order valence-corrected chi connectivity index (χ3v) is 5.68. The smallest absolute Gasteiger partial charge is 0.248 e. The maximum atomic E-state index is 11.8. The number of thioether (sulfide) groups is 2. The first-order chi connectivity index (χ1) is 12.0. The molecular formula is C18H19ClN2O2S2. The zero-order valence-electron chi connectivity index (χ0n) is 13.8. The van der Waals surface area contributed by atoms with Crippen molar-refractivity contribution in [2.24, 2.45) is 0 Å². The van der Waals surface area contributed by atoms with Gasteiger partial charge in [0.2, 0.25) is 11.8 Å². The molecule has 0 saturated heterocycles. The largest absolute Gasteiger partial charge is 0.273 e. The average molecular weight is 395 g/mol. The molecule has 0 fully saturated rings. The number of carbonyl (C=O) groups is 2. The zero-order valence-corrected chi connectivity index (χ0v) is 16.1. The van der Waals surface area contributed by atoms with Gasteiger partial charge in [0, 0.05) is 22.0 Å². The van der Waals surface area contributed by atoms with E-state index in [-0.39, 0.29) is 17.6 Å². The van der Waals surface area contributed by atoms with Crippen molar-refractivity contribution < 1.29 is 9.59 Å². The van der Waals surface area contributed by atoms with Gasteiger partial charge in [0.15, 0.2) is 0 Å². The van der Waals surface area contributed by atoms with E-state index in [1.165, 1.54) is 29.1 Å². The van der Waals surface area contributed by atoms with E-state index in [2.05, 4.69) is 10.9 Å². The highest BCUT2D eigenvalue weighted by Gasteiger charge is 2.07. The second-order valence-electron chi connectivity index (χ2n) is 5.23. The first kappa shape index (κ1) is 19.7. The third-order valence-electron chi connectivity index (χ3n) is 3.16. The molecule has 2 N–H and O–H groups in total. The molecule has 0 unspecified atom stereocenters. The zero-order chi connectivity index (χ0) is 18.1. The highest BCUT2D eigenvalue weighted by molar-refractivity contribution is 8.00. The van der Waals surface area contributed by atoms with Crippen molar-refractivity contribution in [2.75, 3.05) is 11.5 Å². The number of nitrogens with one attached hydrogen (secondary N) is 2. The molecule has 2 rings (SSSR count). The summed E-state index contributed by atoms with van der Waals surface area (Å²) in [5.41, 5.74) is 6.04. The third kappa shape index (κ3) is 7.42. The number of aryl methyl sites for hydroxylation is 1. The second kappa shape index (κ2) is 10.4. The van der Waals surface area contributed by atoms with Gasteiger partial charge in [0.05, 0.1) is 10.8 Å². The molecule has 0 radical (unpaired) electrons. The average Bonchev–Trinajstić information content (AvgIpc) is 2.61. The maximum absolute atomic E-state index is 11.8. The van der Waals surface area contributed by atoms with Gasteiger partial charge in [-0.15, -0.1) is 23.5 Å². The normalized spacial score (nSPS) is 10.3. The minimum absolute atomic E-state index is 0.228. The van der Waals surface area contributed by atoms with Crippen LogP contribution in [0, 0.1) is 6.92 Å². The molecule has 4 nitrogen and oxygen atoms in total. The molecule has 0 heterocycles. The standard InChI is InChI=1S/C18H19ClN2O2S2/c1-13-6-8-14(9-7-13)25-12-18(23)21-20-17(22)10-11-24-16-5-3-2-4-15(16)19/h2-9H,10-12H2,1H3,(H,20,22)(H,21,23). The summed E-state index contributed by atoms with van der Waals surface area (Å²) in [4.78, 5) is 25.5. The van der Waals surface area contributed by atoms with Crippen LogP contribution in [0.4, 0.5) is 0 Å². The Balaban J connectivity index is 1.61. The highest BCUT2D eigenvalue weighted by atomic mass is 35.5. The van der Waals surface area contributed by atoms with Gasteiger partial charge in [0.1, 0.15) is 0 Å². The molecule has 7 heteroatoms. The van der Waals surface area contributed by atoms with Crippen LogP contribution in [0.5, 0.6) is 0 Å². The van der Waals surface area contributed by atoms with Gasteiger partial charge in [-0.05, 0) is 31.2 Å². The summed E-state index contributed by atoms with van der Waals surface area (Å²) < 4.78 is 0. The van der Waals surface area contributed by atoms with Crippen LogP contribution in [0.15, 0.2) is 58.3 Å². The molecule has 2 aromatic rings. The molecule has 0 aliphatic heterocycles. The first-order valence-electron chi connectivity index (χ1n) is 7.69. The van der Waals surface area contributed by atoms with E-state index >= 15 is 0 Å². The Morgan fingerprint density at radius 1 is 0.960 bits per heavy atom. The molecular weight excluding hydrogens is 376 g/mol. The fraction of sp³-hybridized carbons (Fsp3) is 0.222. The van der Waals surface area contributed by atoms with Crippen LogP contribution >= 0.6 is 35.1 Å². The molecule has 2 amide bonds. The fourth-order valence-corrected chi connectivity index (χ4v) is 3.72. The Morgan fingerprint density at radius 3 is 2.36 bits per heavy atom. The molecule has 0 spiro atoms. The van der Waals surface area contributed by atoms with Gasteiger partial charge in [-0.3, -0.25) is 20.4 Å². The lowest BCUT2D eigenvalue weighted by molar-refractivity contribution is -0.127. The lowest BCUT2D eigenvalue weighted by Gasteiger charge is -2.08. The van der Waals surface area contributed by atoms with Crippen molar-refractivity contribution in [1.82, 2.24) is 10.9 Å². The molecule has 0 atom stereocenters. The van der Waals surface area contributed by atoms with Crippen LogP contribution in [-0.4, -0.2) is 23.3 Å². The number of carbonyl (C=O) groups excluding carboxylic acids is 2. The number of hydrogen-bond acceptors (Lipinski definition) is 4. The van der Waals surface area contributed by atoms with E-state index in [4.69, 9.17) is 11.6 Å². The molecule has 0 aliphatic rings. The Bertz CT molecular complexity index is 723. The number of amides is 2. The molecule has 25 heavy (non-hydrogen) atoms. The van der Waals surface area contributed by atoms with Crippen LogP contribution in [0.25, 0.3) is 0 Å². The highest BCUT2D eigenvalue weighted by Crippen LogP contribution is 2.26. The Hall–Kier alpha value is -1.63. The second-order valence-corrected chi connectivity index (χ2v) is 7.82. The number of hydrogen-bond donors (Lipinski definition) is 2. The van der Waals surface area contributed by atoms with Gasteiger partial charge in [-0.25, -0.2) is 0 Å². The number of benzene rings is 2. The van der Waals surface area contributed by atoms with Gasteiger partial charge in [-0.2, -0.15) is 0 Å². The van der Waals surface area contributed by atoms with Crippen molar-refractivity contribution >= 4 is 46.9 Å². The summed E-state index contributed by atoms with van der Waals surface area (Å²) in [5, 5.41) is 0.675. The van der Waals surface area contributed by atoms with Gasteiger partial charge in [-0.1, -0.05) is 41.4 Å². The Kier molecular flexibility index (Phi) is 8.18. The monoisotopic (exact) mass is 394 g/mol. The Morgan fingerprint density at radius 2 is 1.64 bits per heavy atom. The molecule has 132 valence electrons. The van der Waals surface area contributed by atoms with Gasteiger partial charge in [0.25, 0.3) is 0 Å². The predicted molar refractivity (Wildman–Crippen MR) is 105 cm³/mol. The fourth-order valence-electron chi connectivity index (χ4n) is 1.84. The molecule has 0 bridgehead atoms. The summed E-state index contributed by atoms with van der Waals surface area (Å²) in [5.74, 6) is 0.368. The lowest BCUT2D eigenvalue weighted by Crippen LogP contribution is -2.42. The van der Waals surface area contributed by atoms with E-state index in [0.29, 0.717) is 17.2 Å². The first-order valence-corrected chi connectivity index (χ1v) is 10.0. The number of halogens is 1. The van der Waals surface area contributed by atoms with Crippen molar-refractivity contribution in [1.29, 1.82) is 0 Å². The molecule has 0 aromatic heterocycles. The SMILES string of the molecule is Cc1ccc(SCC(=O)NNC(=O)CCSc2ccccc2Cl)cc1. The van der Waals surface area contributed by atoms with Crippen LogP contribution in [-0.2, 0) is 9.59 Å². The van der Waals surface area contributed by atoms with E-state index in [0.717, 1.165) is 9.79 Å². The number of hydrazine groups is 1.